The van der Waals surface area contributed by atoms with Crippen LogP contribution < -0.4 is 14.8 Å². The molecule has 35 heavy (non-hydrogen) atoms. The van der Waals surface area contributed by atoms with Crippen LogP contribution in [0.1, 0.15) is 48.8 Å². The van der Waals surface area contributed by atoms with Gasteiger partial charge in [0, 0.05) is 47.8 Å². The van der Waals surface area contributed by atoms with Crippen LogP contribution in [0.25, 0.3) is 22.5 Å². The van der Waals surface area contributed by atoms with E-state index in [9.17, 15) is 4.79 Å². The molecule has 0 saturated heterocycles. The fraction of sp³-hybridized carbons (Fsp3) is 0.407. The summed E-state index contributed by atoms with van der Waals surface area (Å²) in [5.41, 5.74) is 6.29. The highest BCUT2D eigenvalue weighted by Gasteiger charge is 2.32. The number of carbonyl (C=O) groups excluding carboxylic acids is 1. The summed E-state index contributed by atoms with van der Waals surface area (Å²) in [4.78, 5) is 15.5. The topological polar surface area (TPSA) is 68.6 Å². The summed E-state index contributed by atoms with van der Waals surface area (Å²) in [6, 6.07) is 6.13. The summed E-state index contributed by atoms with van der Waals surface area (Å²) in [6.07, 6.45) is 3.21. The van der Waals surface area contributed by atoms with Crippen LogP contribution in [-0.2, 0) is 6.61 Å². The largest absolute Gasteiger partial charge is 0.496 e. The van der Waals surface area contributed by atoms with Crippen molar-refractivity contribution in [3.05, 3.63) is 51.9 Å². The lowest BCUT2D eigenvalue weighted by Gasteiger charge is -2.26. The Balaban J connectivity index is 1.65. The molecule has 0 spiro atoms. The number of benzene rings is 1. The van der Waals surface area contributed by atoms with Gasteiger partial charge in [-0.05, 0) is 42.0 Å². The molecule has 1 amide bonds. The van der Waals surface area contributed by atoms with Crippen molar-refractivity contribution in [2.45, 2.75) is 33.8 Å². The second-order valence-corrected chi connectivity index (χ2v) is 11.2. The van der Waals surface area contributed by atoms with Gasteiger partial charge < -0.3 is 19.7 Å². The van der Waals surface area contributed by atoms with Gasteiger partial charge in [-0.1, -0.05) is 26.8 Å². The summed E-state index contributed by atoms with van der Waals surface area (Å²) in [7, 11) is 3.82. The number of thiophene rings is 1. The number of methoxy groups -OCH3 is 1. The molecule has 8 heteroatoms. The van der Waals surface area contributed by atoms with E-state index in [0.29, 0.717) is 12.2 Å². The molecule has 3 aromatic rings. The highest BCUT2D eigenvalue weighted by molar-refractivity contribution is 7.08. The van der Waals surface area contributed by atoms with Crippen molar-refractivity contribution < 1.29 is 14.3 Å². The van der Waals surface area contributed by atoms with E-state index in [1.807, 2.05) is 27.6 Å². The van der Waals surface area contributed by atoms with Crippen molar-refractivity contribution in [1.82, 2.24) is 20.0 Å². The van der Waals surface area contributed by atoms with Gasteiger partial charge in [0.25, 0.3) is 5.91 Å². The van der Waals surface area contributed by atoms with Crippen molar-refractivity contribution >= 4 is 22.8 Å². The molecule has 184 valence electrons. The van der Waals surface area contributed by atoms with E-state index < -0.39 is 0 Å². The standard InChI is InChI=1S/C27H32N4O3S/c1-27(2,3)16-28-26(32)24-21-14-34-23-13-22(33-5)19(17-6-9-30(4)10-7-17)12-20(23)25(21)31(29-24)18-8-11-35-15-18/h6,8,11-13,15H,7,9-10,14,16H2,1-5H3,(H,28,32). The van der Waals surface area contributed by atoms with E-state index in [-0.39, 0.29) is 17.9 Å². The zero-order chi connectivity index (χ0) is 24.7. The third-order valence-corrected chi connectivity index (χ3v) is 7.09. The van der Waals surface area contributed by atoms with Gasteiger partial charge in [-0.3, -0.25) is 4.79 Å². The molecule has 1 aromatic carbocycles. The van der Waals surface area contributed by atoms with E-state index in [1.54, 1.807) is 18.4 Å². The Morgan fingerprint density at radius 3 is 2.77 bits per heavy atom. The number of aromatic nitrogens is 2. The number of carbonyl (C=O) groups is 1. The zero-order valence-corrected chi connectivity index (χ0v) is 21.8. The molecule has 0 saturated carbocycles. The monoisotopic (exact) mass is 492 g/mol. The third-order valence-electron chi connectivity index (χ3n) is 6.42. The first-order valence-corrected chi connectivity index (χ1v) is 12.9. The lowest BCUT2D eigenvalue weighted by Crippen LogP contribution is -2.33. The predicted molar refractivity (Wildman–Crippen MR) is 140 cm³/mol. The first kappa shape index (κ1) is 23.6. The molecule has 2 aliphatic rings. The number of likely N-dealkylation sites (N-methyl/N-ethyl adjacent to an activating group) is 1. The Morgan fingerprint density at radius 2 is 2.11 bits per heavy atom. The first-order chi connectivity index (χ1) is 16.7. The molecule has 2 aromatic heterocycles. The van der Waals surface area contributed by atoms with Crippen LogP contribution in [0.4, 0.5) is 0 Å². The molecule has 0 radical (unpaired) electrons. The maximum absolute atomic E-state index is 13.2. The van der Waals surface area contributed by atoms with Crippen LogP contribution in [0.5, 0.6) is 11.5 Å². The average molecular weight is 493 g/mol. The number of hydrogen-bond donors (Lipinski definition) is 1. The number of nitrogens with zero attached hydrogens (tertiary/aromatic N) is 3. The maximum atomic E-state index is 13.2. The van der Waals surface area contributed by atoms with Crippen LogP contribution in [0.2, 0.25) is 0 Å². The highest BCUT2D eigenvalue weighted by Crippen LogP contribution is 2.45. The Kier molecular flexibility index (Phi) is 6.19. The van der Waals surface area contributed by atoms with Crippen LogP contribution in [0.3, 0.4) is 0 Å². The van der Waals surface area contributed by atoms with Gasteiger partial charge in [-0.15, -0.1) is 0 Å². The molecular formula is C27H32N4O3S. The SMILES string of the molecule is COc1cc2c(cc1C1=CCN(C)CC1)-c1c(c(C(=O)NCC(C)(C)C)nn1-c1ccsc1)CO2. The molecule has 0 atom stereocenters. The van der Waals surface area contributed by atoms with E-state index in [0.717, 1.165) is 59.1 Å². The summed E-state index contributed by atoms with van der Waals surface area (Å²) >= 11 is 1.60. The van der Waals surface area contributed by atoms with Gasteiger partial charge >= 0.3 is 0 Å². The lowest BCUT2D eigenvalue weighted by molar-refractivity contribution is 0.0931. The van der Waals surface area contributed by atoms with Gasteiger partial charge in [0.2, 0.25) is 0 Å². The Morgan fingerprint density at radius 1 is 1.29 bits per heavy atom. The normalized spacial score (nSPS) is 15.6. The molecule has 2 aliphatic heterocycles. The summed E-state index contributed by atoms with van der Waals surface area (Å²) in [5, 5.41) is 11.9. The molecule has 0 bridgehead atoms. The Hall–Kier alpha value is -3.10. The van der Waals surface area contributed by atoms with Crippen LogP contribution in [0.15, 0.2) is 35.0 Å². The van der Waals surface area contributed by atoms with Crippen LogP contribution in [-0.4, -0.2) is 54.4 Å². The average Bonchev–Trinajstić information content (AvgIpc) is 3.50. The van der Waals surface area contributed by atoms with Gasteiger partial charge in [-0.25, -0.2) is 4.68 Å². The quantitative estimate of drug-likeness (QED) is 0.543. The van der Waals surface area contributed by atoms with Gasteiger partial charge in [0.1, 0.15) is 18.1 Å². The number of amides is 1. The Labute approximate surface area is 210 Å². The minimum atomic E-state index is -0.177. The molecule has 1 N–H and O–H groups in total. The molecule has 4 heterocycles. The van der Waals surface area contributed by atoms with Crippen molar-refractivity contribution in [1.29, 1.82) is 0 Å². The van der Waals surface area contributed by atoms with Crippen molar-refractivity contribution in [3.8, 4) is 28.4 Å². The van der Waals surface area contributed by atoms with Gasteiger partial charge in [-0.2, -0.15) is 16.4 Å². The summed E-state index contributed by atoms with van der Waals surface area (Å²) < 4.78 is 13.8. The van der Waals surface area contributed by atoms with E-state index in [1.165, 1.54) is 5.57 Å². The van der Waals surface area contributed by atoms with Crippen molar-refractivity contribution in [2.24, 2.45) is 5.41 Å². The van der Waals surface area contributed by atoms with Crippen LogP contribution >= 0.6 is 11.3 Å². The minimum Gasteiger partial charge on any atom is -0.496 e. The van der Waals surface area contributed by atoms with E-state index >= 15 is 0 Å². The van der Waals surface area contributed by atoms with Crippen molar-refractivity contribution in [2.75, 3.05) is 33.8 Å². The number of fused-ring (bicyclic) bond motifs is 3. The fourth-order valence-electron chi connectivity index (χ4n) is 4.49. The first-order valence-electron chi connectivity index (χ1n) is 11.9. The molecule has 0 aliphatic carbocycles. The zero-order valence-electron chi connectivity index (χ0n) is 21.0. The molecule has 0 fully saturated rings. The molecular weight excluding hydrogens is 460 g/mol. The number of nitrogens with one attached hydrogen (secondary N) is 1. The van der Waals surface area contributed by atoms with Crippen molar-refractivity contribution in [3.63, 3.8) is 0 Å². The molecule has 0 unspecified atom stereocenters. The van der Waals surface area contributed by atoms with Gasteiger partial charge in [0.15, 0.2) is 5.69 Å². The predicted octanol–water partition coefficient (Wildman–Crippen LogP) is 5.00. The van der Waals surface area contributed by atoms with E-state index in [4.69, 9.17) is 14.6 Å². The maximum Gasteiger partial charge on any atom is 0.272 e. The second-order valence-electron chi connectivity index (χ2n) is 10.4. The summed E-state index contributed by atoms with van der Waals surface area (Å²) in [6.45, 7) is 9.03. The molecule has 5 rings (SSSR count). The second kappa shape index (κ2) is 9.17. The highest BCUT2D eigenvalue weighted by atomic mass is 32.1. The lowest BCUT2D eigenvalue weighted by atomic mass is 9.93. The number of hydrogen-bond acceptors (Lipinski definition) is 6. The Bertz CT molecular complexity index is 1280. The number of ether oxygens (including phenoxy) is 2. The minimum absolute atomic E-state index is 0.0258. The summed E-state index contributed by atoms with van der Waals surface area (Å²) in [5.74, 6) is 1.36. The van der Waals surface area contributed by atoms with Crippen LogP contribution in [0, 0.1) is 5.41 Å². The molecule has 7 nitrogen and oxygen atoms in total. The number of rotatable bonds is 5. The van der Waals surface area contributed by atoms with Gasteiger partial charge in [0.05, 0.1) is 18.5 Å². The fourth-order valence-corrected chi connectivity index (χ4v) is 5.11. The van der Waals surface area contributed by atoms with E-state index in [2.05, 4.69) is 50.2 Å². The third kappa shape index (κ3) is 4.60. The smallest absolute Gasteiger partial charge is 0.272 e.